The van der Waals surface area contributed by atoms with Crippen LogP contribution in [0.2, 0.25) is 0 Å². The molecule has 0 bridgehead atoms. The van der Waals surface area contributed by atoms with E-state index in [2.05, 4.69) is 27.8 Å². The zero-order valence-corrected chi connectivity index (χ0v) is 17.0. The average Bonchev–Trinajstić information content (AvgIpc) is 3.34. The fraction of sp³-hybridized carbons (Fsp3) is 0.500. The molecule has 0 spiro atoms. The first-order chi connectivity index (χ1) is 14.4. The van der Waals surface area contributed by atoms with E-state index >= 15 is 0 Å². The van der Waals surface area contributed by atoms with Crippen LogP contribution in [0.15, 0.2) is 31.0 Å². The molecule has 3 heterocycles. The monoisotopic (exact) mass is 416 g/mol. The van der Waals surface area contributed by atoms with Crippen LogP contribution in [0.4, 0.5) is 4.79 Å². The summed E-state index contributed by atoms with van der Waals surface area (Å²) in [4.78, 5) is 51.9. The first kappa shape index (κ1) is 21.4. The minimum atomic E-state index is -0.920. The second-order valence-corrected chi connectivity index (χ2v) is 7.48. The maximum Gasteiger partial charge on any atom is 0.315 e. The summed E-state index contributed by atoms with van der Waals surface area (Å²) in [5.74, 6) is -0.987. The van der Waals surface area contributed by atoms with Gasteiger partial charge in [0.15, 0.2) is 0 Å². The lowest BCUT2D eigenvalue weighted by molar-refractivity contribution is -0.132. The van der Waals surface area contributed by atoms with Gasteiger partial charge in [0, 0.05) is 32.9 Å². The molecule has 2 fully saturated rings. The molecule has 1 aromatic heterocycles. The van der Waals surface area contributed by atoms with Crippen molar-refractivity contribution < 1.29 is 19.2 Å². The van der Waals surface area contributed by atoms with Crippen molar-refractivity contribution in [3.05, 3.63) is 36.7 Å². The van der Waals surface area contributed by atoms with Gasteiger partial charge in [0.05, 0.1) is 6.04 Å². The summed E-state index contributed by atoms with van der Waals surface area (Å²) in [5.41, 5.74) is 0.444. The third-order valence-electron chi connectivity index (χ3n) is 5.42. The lowest BCUT2D eigenvalue weighted by Gasteiger charge is -2.30. The molecule has 2 aliphatic rings. The van der Waals surface area contributed by atoms with Crippen LogP contribution in [0.3, 0.4) is 0 Å². The number of aromatic nitrogens is 1. The number of nitrogens with one attached hydrogen (secondary N) is 4. The van der Waals surface area contributed by atoms with Crippen LogP contribution in [0, 0.1) is 0 Å². The number of hydrogen-bond acceptors (Lipinski definition) is 4. The summed E-state index contributed by atoms with van der Waals surface area (Å²) < 4.78 is 1.68. The number of nitrogens with zero attached hydrogens (tertiary/aromatic N) is 2. The van der Waals surface area contributed by atoms with Gasteiger partial charge >= 0.3 is 6.03 Å². The highest BCUT2D eigenvalue weighted by molar-refractivity contribution is 5.98. The Morgan fingerprint density at radius 2 is 2.10 bits per heavy atom. The van der Waals surface area contributed by atoms with Crippen LogP contribution in [-0.2, 0) is 16.6 Å². The van der Waals surface area contributed by atoms with Crippen LogP contribution < -0.4 is 21.3 Å². The van der Waals surface area contributed by atoms with Crippen molar-refractivity contribution in [2.75, 3.05) is 19.6 Å². The fourth-order valence-electron chi connectivity index (χ4n) is 3.88. The van der Waals surface area contributed by atoms with Crippen molar-refractivity contribution >= 4 is 23.8 Å². The van der Waals surface area contributed by atoms with E-state index in [9.17, 15) is 19.2 Å². The molecule has 1 aromatic rings. The standard InChI is InChI=1S/C20H28N6O4/c1-3-9-22-20(30)24-13-8-12-26(19(29)15-7-5-11-25(15)2)16(13)18(28)23-14-6-4-10-21-17(14)27/h3,5,7,11,13-14,16H,1,4,6,8-10,12H2,2H3,(H,21,27)(H,23,28)(H2,22,24,30)/t13-,14-,16-/m0/s1. The molecule has 10 nitrogen and oxygen atoms in total. The predicted molar refractivity (Wildman–Crippen MR) is 110 cm³/mol. The quantitative estimate of drug-likeness (QED) is 0.466. The molecule has 2 saturated heterocycles. The van der Waals surface area contributed by atoms with Gasteiger partial charge in [-0.1, -0.05) is 6.08 Å². The largest absolute Gasteiger partial charge is 0.354 e. The summed E-state index contributed by atoms with van der Waals surface area (Å²) in [5, 5.41) is 10.9. The third kappa shape index (κ3) is 4.64. The maximum atomic E-state index is 13.2. The van der Waals surface area contributed by atoms with Crippen LogP contribution in [0.25, 0.3) is 0 Å². The van der Waals surface area contributed by atoms with Gasteiger partial charge in [-0.3, -0.25) is 14.4 Å². The number of likely N-dealkylation sites (tertiary alicyclic amines) is 1. The molecular formula is C20H28N6O4. The number of aryl methyl sites for hydroxylation is 1. The summed E-state index contributed by atoms with van der Waals surface area (Å²) in [6.07, 6.45) is 5.02. The normalized spacial score (nSPS) is 23.4. The summed E-state index contributed by atoms with van der Waals surface area (Å²) >= 11 is 0. The molecular weight excluding hydrogens is 388 g/mol. The second kappa shape index (κ2) is 9.47. The Kier molecular flexibility index (Phi) is 6.76. The molecule has 30 heavy (non-hydrogen) atoms. The van der Waals surface area contributed by atoms with Gasteiger partial charge in [0.2, 0.25) is 11.8 Å². The zero-order chi connectivity index (χ0) is 21.7. The second-order valence-electron chi connectivity index (χ2n) is 7.48. The molecule has 0 aliphatic carbocycles. The number of hydrogen-bond donors (Lipinski definition) is 4. The van der Waals surface area contributed by atoms with E-state index in [-0.39, 0.29) is 18.4 Å². The van der Waals surface area contributed by atoms with Gasteiger partial charge in [0.1, 0.15) is 17.8 Å². The number of amides is 5. The van der Waals surface area contributed by atoms with Gasteiger partial charge in [-0.15, -0.1) is 6.58 Å². The Hall–Kier alpha value is -3.30. The lowest BCUT2D eigenvalue weighted by atomic mass is 10.0. The summed E-state index contributed by atoms with van der Waals surface area (Å²) in [6.45, 7) is 4.73. The molecule has 162 valence electrons. The Balaban J connectivity index is 1.79. The van der Waals surface area contributed by atoms with Crippen LogP contribution >= 0.6 is 0 Å². The predicted octanol–water partition coefficient (Wildman–Crippen LogP) is -0.512. The van der Waals surface area contributed by atoms with Gasteiger partial charge in [-0.25, -0.2) is 4.79 Å². The molecule has 10 heteroatoms. The lowest BCUT2D eigenvalue weighted by Crippen LogP contribution is -2.59. The van der Waals surface area contributed by atoms with Gasteiger partial charge in [-0.05, 0) is 31.4 Å². The van der Waals surface area contributed by atoms with Gasteiger partial charge in [0.25, 0.3) is 5.91 Å². The molecule has 3 rings (SSSR count). The van der Waals surface area contributed by atoms with Crippen molar-refractivity contribution in [1.29, 1.82) is 0 Å². The van der Waals surface area contributed by atoms with Crippen LogP contribution in [0.5, 0.6) is 0 Å². The third-order valence-corrected chi connectivity index (χ3v) is 5.42. The first-order valence-corrected chi connectivity index (χ1v) is 10.1. The van der Waals surface area contributed by atoms with E-state index in [1.807, 2.05) is 0 Å². The smallest absolute Gasteiger partial charge is 0.315 e. The molecule has 0 saturated carbocycles. The Morgan fingerprint density at radius 1 is 1.30 bits per heavy atom. The first-order valence-electron chi connectivity index (χ1n) is 10.1. The fourth-order valence-corrected chi connectivity index (χ4v) is 3.88. The van der Waals surface area contributed by atoms with E-state index in [1.54, 1.807) is 36.0 Å². The number of carbonyl (C=O) groups is 4. The topological polar surface area (TPSA) is 125 Å². The van der Waals surface area contributed by atoms with E-state index in [0.717, 1.165) is 6.42 Å². The van der Waals surface area contributed by atoms with Gasteiger partial charge in [-0.2, -0.15) is 0 Å². The highest BCUT2D eigenvalue weighted by Crippen LogP contribution is 2.22. The van der Waals surface area contributed by atoms with E-state index in [4.69, 9.17) is 0 Å². The Labute approximate surface area is 175 Å². The van der Waals surface area contributed by atoms with Crippen molar-refractivity contribution in [2.45, 2.75) is 37.4 Å². The van der Waals surface area contributed by atoms with E-state index in [0.29, 0.717) is 31.6 Å². The molecule has 3 atom stereocenters. The van der Waals surface area contributed by atoms with Crippen LogP contribution in [-0.4, -0.2) is 71.0 Å². The number of piperidine rings is 1. The highest BCUT2D eigenvalue weighted by Gasteiger charge is 2.44. The van der Waals surface area contributed by atoms with Crippen molar-refractivity contribution in [3.8, 4) is 0 Å². The summed E-state index contributed by atoms with van der Waals surface area (Å²) in [7, 11) is 1.75. The molecule has 0 unspecified atom stereocenters. The highest BCUT2D eigenvalue weighted by atomic mass is 16.2. The average molecular weight is 416 g/mol. The minimum Gasteiger partial charge on any atom is -0.354 e. The van der Waals surface area contributed by atoms with Crippen LogP contribution in [0.1, 0.15) is 29.8 Å². The Morgan fingerprint density at radius 3 is 2.77 bits per heavy atom. The minimum absolute atomic E-state index is 0.235. The molecule has 4 N–H and O–H groups in total. The maximum absolute atomic E-state index is 13.2. The summed E-state index contributed by atoms with van der Waals surface area (Å²) in [6, 6.07) is 0.852. The SMILES string of the molecule is C=CCNC(=O)N[C@H]1CCN(C(=O)c2cccn2C)[C@@H]1C(=O)N[C@H]1CCCNC1=O. The zero-order valence-electron chi connectivity index (χ0n) is 17.0. The Bertz CT molecular complexity index is 835. The molecule has 0 radical (unpaired) electrons. The molecule has 5 amide bonds. The molecule has 2 aliphatic heterocycles. The van der Waals surface area contributed by atoms with Crippen molar-refractivity contribution in [1.82, 2.24) is 30.7 Å². The number of rotatable bonds is 6. The van der Waals surface area contributed by atoms with Gasteiger partial charge < -0.3 is 30.7 Å². The molecule has 0 aromatic carbocycles. The number of urea groups is 1. The van der Waals surface area contributed by atoms with E-state index in [1.165, 1.54) is 4.90 Å². The van der Waals surface area contributed by atoms with E-state index < -0.39 is 30.1 Å². The van der Waals surface area contributed by atoms with Crippen molar-refractivity contribution in [2.24, 2.45) is 7.05 Å². The number of carbonyl (C=O) groups excluding carboxylic acids is 4. The van der Waals surface area contributed by atoms with Crippen molar-refractivity contribution in [3.63, 3.8) is 0 Å².